The summed E-state index contributed by atoms with van der Waals surface area (Å²) in [6.45, 7) is 2.46. The third kappa shape index (κ3) is 3.76. The van der Waals surface area contributed by atoms with Crippen molar-refractivity contribution in [2.75, 3.05) is 4.31 Å². The summed E-state index contributed by atoms with van der Waals surface area (Å²) in [6.07, 6.45) is 0. The molecule has 0 aliphatic carbocycles. The summed E-state index contributed by atoms with van der Waals surface area (Å²) in [7, 11) is -3.84. The number of nitrogens with zero attached hydrogens (tertiary/aromatic N) is 2. The number of sulfonamides is 1. The molecule has 166 valence electrons. The number of carbonyl (C=O) groups excluding carboxylic acids is 1. The maximum atomic E-state index is 13.8. The van der Waals surface area contributed by atoms with E-state index in [2.05, 4.69) is 0 Å². The zero-order valence-corrected chi connectivity index (χ0v) is 19.1. The molecule has 0 N–H and O–H groups in total. The van der Waals surface area contributed by atoms with Crippen LogP contribution in [0.5, 0.6) is 0 Å². The van der Waals surface area contributed by atoms with Gasteiger partial charge in [0.1, 0.15) is 6.04 Å². The van der Waals surface area contributed by atoms with Crippen molar-refractivity contribution < 1.29 is 13.2 Å². The van der Waals surface area contributed by atoms with Crippen LogP contribution in [-0.2, 0) is 27.9 Å². The largest absolute Gasteiger partial charge is 0.332 e. The Kier molecular flexibility index (Phi) is 5.38. The van der Waals surface area contributed by atoms with Gasteiger partial charge in [-0.2, -0.15) is 0 Å². The third-order valence-electron chi connectivity index (χ3n) is 6.07. The summed E-state index contributed by atoms with van der Waals surface area (Å²) < 4.78 is 28.3. The Balaban J connectivity index is 1.52. The van der Waals surface area contributed by atoms with Crippen molar-refractivity contribution in [1.29, 1.82) is 0 Å². The SMILES string of the molecule is C[C@@H](C(=O)N(Cc1ccccc1)Cc1ccccc1)N1c2cccc3cccc(c23)S1(=O)=O. The molecule has 33 heavy (non-hydrogen) atoms. The molecule has 4 aromatic carbocycles. The molecule has 1 aliphatic rings. The number of hydrogen-bond acceptors (Lipinski definition) is 3. The molecule has 0 saturated carbocycles. The molecular formula is C27H24N2O3S. The van der Waals surface area contributed by atoms with E-state index < -0.39 is 16.1 Å². The van der Waals surface area contributed by atoms with E-state index in [1.54, 1.807) is 30.0 Å². The van der Waals surface area contributed by atoms with Gasteiger partial charge in [-0.1, -0.05) is 84.9 Å². The van der Waals surface area contributed by atoms with Crippen molar-refractivity contribution in [1.82, 2.24) is 4.90 Å². The van der Waals surface area contributed by atoms with Gasteiger partial charge < -0.3 is 4.90 Å². The molecule has 1 heterocycles. The Morgan fingerprint density at radius 3 is 1.91 bits per heavy atom. The van der Waals surface area contributed by atoms with Gasteiger partial charge >= 0.3 is 0 Å². The molecule has 5 rings (SSSR count). The van der Waals surface area contributed by atoms with E-state index >= 15 is 0 Å². The first-order valence-corrected chi connectivity index (χ1v) is 12.3. The van der Waals surface area contributed by atoms with Gasteiger partial charge in [0.15, 0.2) is 0 Å². The van der Waals surface area contributed by atoms with Crippen LogP contribution < -0.4 is 4.31 Å². The van der Waals surface area contributed by atoms with Gasteiger partial charge in [-0.25, -0.2) is 8.42 Å². The monoisotopic (exact) mass is 456 g/mol. The van der Waals surface area contributed by atoms with Crippen LogP contribution in [0.1, 0.15) is 18.1 Å². The quantitative estimate of drug-likeness (QED) is 0.412. The molecule has 0 aromatic heterocycles. The Bertz CT molecular complexity index is 1370. The highest BCUT2D eigenvalue weighted by Crippen LogP contribution is 2.43. The van der Waals surface area contributed by atoms with Gasteiger partial charge in [0.2, 0.25) is 5.91 Å². The normalized spacial score (nSPS) is 14.9. The van der Waals surface area contributed by atoms with Crippen LogP contribution in [-0.4, -0.2) is 25.3 Å². The summed E-state index contributed by atoms with van der Waals surface area (Å²) in [5.74, 6) is -0.240. The number of amides is 1. The molecular weight excluding hydrogens is 432 g/mol. The Morgan fingerprint density at radius 2 is 1.33 bits per heavy atom. The number of anilines is 1. The number of hydrogen-bond donors (Lipinski definition) is 0. The topological polar surface area (TPSA) is 57.7 Å². The van der Waals surface area contributed by atoms with E-state index in [0.717, 1.165) is 16.5 Å². The molecule has 1 atom stereocenters. The van der Waals surface area contributed by atoms with Crippen LogP contribution >= 0.6 is 0 Å². The summed E-state index contributed by atoms with van der Waals surface area (Å²) in [6, 6.07) is 29.4. The predicted molar refractivity (Wildman–Crippen MR) is 130 cm³/mol. The van der Waals surface area contributed by atoms with E-state index in [4.69, 9.17) is 0 Å². The van der Waals surface area contributed by atoms with Crippen molar-refractivity contribution in [2.24, 2.45) is 0 Å². The van der Waals surface area contributed by atoms with Gasteiger partial charge in [0.25, 0.3) is 10.0 Å². The highest BCUT2D eigenvalue weighted by Gasteiger charge is 2.41. The highest BCUT2D eigenvalue weighted by atomic mass is 32.2. The van der Waals surface area contributed by atoms with E-state index in [0.29, 0.717) is 24.2 Å². The lowest BCUT2D eigenvalue weighted by Gasteiger charge is -2.31. The molecule has 4 aromatic rings. The molecule has 0 saturated heterocycles. The molecule has 0 unspecified atom stereocenters. The number of rotatable bonds is 6. The van der Waals surface area contributed by atoms with Gasteiger partial charge in [-0.15, -0.1) is 0 Å². The van der Waals surface area contributed by atoms with E-state index in [1.165, 1.54) is 4.31 Å². The maximum absolute atomic E-state index is 13.8. The molecule has 0 spiro atoms. The van der Waals surface area contributed by atoms with Gasteiger partial charge in [-0.3, -0.25) is 9.10 Å². The summed E-state index contributed by atoms with van der Waals surface area (Å²) in [5, 5.41) is 1.53. The first kappa shape index (κ1) is 21.2. The van der Waals surface area contributed by atoms with Crippen LogP contribution in [0.25, 0.3) is 10.8 Å². The fraction of sp³-hybridized carbons (Fsp3) is 0.148. The minimum atomic E-state index is -3.84. The zero-order chi connectivity index (χ0) is 23.0. The molecule has 0 fully saturated rings. The second-order valence-corrected chi connectivity index (χ2v) is 10.1. The minimum absolute atomic E-state index is 0.240. The summed E-state index contributed by atoms with van der Waals surface area (Å²) >= 11 is 0. The highest BCUT2D eigenvalue weighted by molar-refractivity contribution is 7.93. The van der Waals surface area contributed by atoms with Crippen LogP contribution in [0, 0.1) is 0 Å². The first-order valence-electron chi connectivity index (χ1n) is 10.9. The fourth-order valence-electron chi connectivity index (χ4n) is 4.52. The van der Waals surface area contributed by atoms with E-state index in [-0.39, 0.29) is 10.8 Å². The lowest BCUT2D eigenvalue weighted by molar-refractivity contribution is -0.133. The molecule has 1 amide bonds. The minimum Gasteiger partial charge on any atom is -0.332 e. The first-order chi connectivity index (χ1) is 16.0. The smallest absolute Gasteiger partial charge is 0.265 e. The van der Waals surface area contributed by atoms with Crippen molar-refractivity contribution >= 4 is 32.4 Å². The van der Waals surface area contributed by atoms with Crippen molar-refractivity contribution in [3.05, 3.63) is 108 Å². The lowest BCUT2D eigenvalue weighted by Crippen LogP contribution is -2.48. The van der Waals surface area contributed by atoms with Crippen LogP contribution in [0.2, 0.25) is 0 Å². The standard InChI is InChI=1S/C27H24N2O3S/c1-20(29-24-16-8-14-23-15-9-17-25(26(23)24)33(29,31)32)27(30)28(18-21-10-4-2-5-11-21)19-22-12-6-3-7-13-22/h2-17,20H,18-19H2,1H3/t20-/m0/s1. The molecule has 5 nitrogen and oxygen atoms in total. The lowest BCUT2D eigenvalue weighted by atomic mass is 10.1. The van der Waals surface area contributed by atoms with Crippen molar-refractivity contribution in [2.45, 2.75) is 31.0 Å². The van der Waals surface area contributed by atoms with Crippen LogP contribution in [0.15, 0.2) is 102 Å². The Hall–Kier alpha value is -3.64. The van der Waals surface area contributed by atoms with Crippen molar-refractivity contribution in [3.8, 4) is 0 Å². The summed E-state index contributed by atoms with van der Waals surface area (Å²) in [4.78, 5) is 15.8. The molecule has 6 heteroatoms. The van der Waals surface area contributed by atoms with E-state index in [9.17, 15) is 13.2 Å². The van der Waals surface area contributed by atoms with Gasteiger partial charge in [0, 0.05) is 18.5 Å². The predicted octanol–water partition coefficient (Wildman–Crippen LogP) is 4.97. The molecule has 0 bridgehead atoms. The fourth-order valence-corrected chi connectivity index (χ4v) is 6.38. The molecule has 0 radical (unpaired) electrons. The third-order valence-corrected chi connectivity index (χ3v) is 8.00. The van der Waals surface area contributed by atoms with Crippen molar-refractivity contribution in [3.63, 3.8) is 0 Å². The van der Waals surface area contributed by atoms with Crippen LogP contribution in [0.4, 0.5) is 5.69 Å². The number of carbonyl (C=O) groups is 1. The van der Waals surface area contributed by atoms with Gasteiger partial charge in [-0.05, 0) is 35.6 Å². The maximum Gasteiger partial charge on any atom is 0.265 e. The second kappa shape index (κ2) is 8.37. The Morgan fingerprint density at radius 1 is 0.788 bits per heavy atom. The average molecular weight is 457 g/mol. The number of benzene rings is 4. The second-order valence-electron chi connectivity index (χ2n) is 8.27. The summed E-state index contributed by atoms with van der Waals surface area (Å²) in [5.41, 5.74) is 2.54. The Labute approximate surface area is 193 Å². The van der Waals surface area contributed by atoms with Crippen LogP contribution in [0.3, 0.4) is 0 Å². The average Bonchev–Trinajstić information content (AvgIpc) is 3.07. The van der Waals surface area contributed by atoms with E-state index in [1.807, 2.05) is 78.9 Å². The zero-order valence-electron chi connectivity index (χ0n) is 18.3. The molecule has 1 aliphatic heterocycles. The van der Waals surface area contributed by atoms with Gasteiger partial charge in [0.05, 0.1) is 10.6 Å².